The van der Waals surface area contributed by atoms with Crippen LogP contribution in [0.2, 0.25) is 0 Å². The second-order valence-corrected chi connectivity index (χ2v) is 4.89. The number of aromatic nitrogens is 1. The SMILES string of the molecule is CC=c1c(=CCC)c2ccccc2n1-c1ccccc1. The molecule has 3 aromatic rings. The van der Waals surface area contributed by atoms with Gasteiger partial charge in [-0.05, 0) is 31.5 Å². The summed E-state index contributed by atoms with van der Waals surface area (Å²) in [6.07, 6.45) is 5.56. The molecule has 0 atom stereocenters. The molecule has 20 heavy (non-hydrogen) atoms. The Morgan fingerprint density at radius 1 is 0.950 bits per heavy atom. The van der Waals surface area contributed by atoms with Gasteiger partial charge in [0.2, 0.25) is 0 Å². The van der Waals surface area contributed by atoms with E-state index in [1.165, 1.54) is 27.2 Å². The normalized spacial score (nSPS) is 13.3. The first kappa shape index (κ1) is 12.7. The maximum absolute atomic E-state index is 2.34. The Labute approximate surface area is 119 Å². The highest BCUT2D eigenvalue weighted by Crippen LogP contribution is 2.14. The molecule has 0 saturated carbocycles. The van der Waals surface area contributed by atoms with Crippen molar-refractivity contribution in [2.75, 3.05) is 0 Å². The molecule has 100 valence electrons. The molecule has 0 aliphatic carbocycles. The molecule has 0 saturated heterocycles. The monoisotopic (exact) mass is 261 g/mol. The van der Waals surface area contributed by atoms with E-state index in [2.05, 4.69) is 85.2 Å². The molecule has 1 aromatic heterocycles. The predicted octanol–water partition coefficient (Wildman–Crippen LogP) is 3.62. The lowest BCUT2D eigenvalue weighted by Gasteiger charge is -2.05. The molecule has 0 spiro atoms. The summed E-state index contributed by atoms with van der Waals surface area (Å²) in [5, 5.41) is 3.94. The minimum absolute atomic E-state index is 1.05. The number of hydrogen-bond donors (Lipinski definition) is 0. The summed E-state index contributed by atoms with van der Waals surface area (Å²) in [6, 6.07) is 19.2. The summed E-state index contributed by atoms with van der Waals surface area (Å²) in [5.41, 5.74) is 2.49. The van der Waals surface area contributed by atoms with E-state index in [9.17, 15) is 0 Å². The first-order valence-electron chi connectivity index (χ1n) is 7.18. The van der Waals surface area contributed by atoms with E-state index in [0.717, 1.165) is 6.42 Å². The summed E-state index contributed by atoms with van der Waals surface area (Å²) >= 11 is 0. The molecule has 3 rings (SSSR count). The molecule has 0 unspecified atom stereocenters. The minimum atomic E-state index is 1.05. The zero-order chi connectivity index (χ0) is 13.9. The maximum atomic E-state index is 2.34. The summed E-state index contributed by atoms with van der Waals surface area (Å²) < 4.78 is 2.34. The van der Waals surface area contributed by atoms with Gasteiger partial charge in [-0.1, -0.05) is 55.5 Å². The molecule has 1 nitrogen and oxygen atoms in total. The third kappa shape index (κ3) is 1.96. The third-order valence-electron chi connectivity index (χ3n) is 3.65. The molecule has 2 aromatic carbocycles. The Hall–Kier alpha value is -2.28. The first-order chi connectivity index (χ1) is 9.86. The van der Waals surface area contributed by atoms with E-state index >= 15 is 0 Å². The van der Waals surface area contributed by atoms with Crippen molar-refractivity contribution in [2.45, 2.75) is 20.3 Å². The maximum Gasteiger partial charge on any atom is 0.0540 e. The summed E-state index contributed by atoms with van der Waals surface area (Å²) in [5.74, 6) is 0. The molecule has 0 aliphatic rings. The number of fused-ring (bicyclic) bond motifs is 1. The van der Waals surface area contributed by atoms with Crippen molar-refractivity contribution < 1.29 is 0 Å². The fraction of sp³-hybridized carbons (Fsp3) is 0.158. The zero-order valence-corrected chi connectivity index (χ0v) is 12.0. The van der Waals surface area contributed by atoms with Gasteiger partial charge >= 0.3 is 0 Å². The molecule has 0 fully saturated rings. The molecule has 0 radical (unpaired) electrons. The average molecular weight is 261 g/mol. The smallest absolute Gasteiger partial charge is 0.0540 e. The molecule has 0 aliphatic heterocycles. The second-order valence-electron chi connectivity index (χ2n) is 4.89. The van der Waals surface area contributed by atoms with Crippen molar-refractivity contribution in [2.24, 2.45) is 0 Å². The Balaban J connectivity index is 2.53. The molecule has 0 N–H and O–H groups in total. The molecule has 1 heteroatoms. The van der Waals surface area contributed by atoms with E-state index in [1.54, 1.807) is 0 Å². The van der Waals surface area contributed by atoms with E-state index in [1.807, 2.05) is 0 Å². The minimum Gasteiger partial charge on any atom is -0.310 e. The van der Waals surface area contributed by atoms with Gasteiger partial charge in [-0.25, -0.2) is 0 Å². The first-order valence-corrected chi connectivity index (χ1v) is 7.18. The Bertz CT molecular complexity index is 839. The lowest BCUT2D eigenvalue weighted by atomic mass is 10.2. The Morgan fingerprint density at radius 2 is 1.65 bits per heavy atom. The van der Waals surface area contributed by atoms with E-state index < -0.39 is 0 Å². The number of benzene rings is 2. The highest BCUT2D eigenvalue weighted by atomic mass is 15.0. The zero-order valence-electron chi connectivity index (χ0n) is 12.0. The third-order valence-corrected chi connectivity index (χ3v) is 3.65. The van der Waals surface area contributed by atoms with Gasteiger partial charge < -0.3 is 4.57 Å². The van der Waals surface area contributed by atoms with Gasteiger partial charge in [0.1, 0.15) is 0 Å². The molecular formula is C19H19N. The number of hydrogen-bond acceptors (Lipinski definition) is 0. The van der Waals surface area contributed by atoms with Gasteiger partial charge in [0.15, 0.2) is 0 Å². The van der Waals surface area contributed by atoms with Crippen molar-refractivity contribution in [3.05, 3.63) is 65.2 Å². The Morgan fingerprint density at radius 3 is 2.35 bits per heavy atom. The van der Waals surface area contributed by atoms with Gasteiger partial charge in [0, 0.05) is 21.6 Å². The van der Waals surface area contributed by atoms with Crippen molar-refractivity contribution in [1.82, 2.24) is 4.57 Å². The predicted molar refractivity (Wildman–Crippen MR) is 87.4 cm³/mol. The van der Waals surface area contributed by atoms with Crippen LogP contribution in [0.1, 0.15) is 20.3 Å². The largest absolute Gasteiger partial charge is 0.310 e. The van der Waals surface area contributed by atoms with Gasteiger partial charge in [-0.15, -0.1) is 0 Å². The lowest BCUT2D eigenvalue weighted by molar-refractivity contribution is 1.06. The fourth-order valence-electron chi connectivity index (χ4n) is 2.84. The van der Waals surface area contributed by atoms with Crippen LogP contribution >= 0.6 is 0 Å². The Kier molecular flexibility index (Phi) is 3.42. The highest BCUT2D eigenvalue weighted by Gasteiger charge is 2.07. The van der Waals surface area contributed by atoms with Gasteiger partial charge in [0.05, 0.1) is 5.52 Å². The summed E-state index contributed by atoms with van der Waals surface area (Å²) in [6.45, 7) is 4.30. The van der Waals surface area contributed by atoms with Crippen molar-refractivity contribution in [3.8, 4) is 5.69 Å². The highest BCUT2D eigenvalue weighted by molar-refractivity contribution is 5.83. The van der Waals surface area contributed by atoms with Gasteiger partial charge in [0.25, 0.3) is 0 Å². The number of para-hydroxylation sites is 2. The molecule has 0 amide bonds. The van der Waals surface area contributed by atoms with E-state index in [4.69, 9.17) is 0 Å². The molecular weight excluding hydrogens is 242 g/mol. The number of rotatable bonds is 2. The van der Waals surface area contributed by atoms with Crippen LogP contribution in [0.5, 0.6) is 0 Å². The van der Waals surface area contributed by atoms with Crippen molar-refractivity contribution >= 4 is 23.1 Å². The van der Waals surface area contributed by atoms with Crippen LogP contribution < -0.4 is 10.6 Å². The summed E-state index contributed by atoms with van der Waals surface area (Å²) in [7, 11) is 0. The number of nitrogens with zero attached hydrogens (tertiary/aromatic N) is 1. The molecule has 1 heterocycles. The van der Waals surface area contributed by atoms with Gasteiger partial charge in [-0.3, -0.25) is 0 Å². The van der Waals surface area contributed by atoms with Crippen molar-refractivity contribution in [1.29, 1.82) is 0 Å². The van der Waals surface area contributed by atoms with Crippen LogP contribution in [0, 0.1) is 0 Å². The van der Waals surface area contributed by atoms with Crippen LogP contribution in [0.25, 0.3) is 28.7 Å². The van der Waals surface area contributed by atoms with Crippen LogP contribution in [0.3, 0.4) is 0 Å². The topological polar surface area (TPSA) is 4.93 Å². The van der Waals surface area contributed by atoms with Gasteiger partial charge in [-0.2, -0.15) is 0 Å². The quantitative estimate of drug-likeness (QED) is 0.664. The standard InChI is InChI=1S/C19H19N/c1-3-10-16-17-13-8-9-14-19(17)20(18(16)4-2)15-11-6-5-7-12-15/h4-14H,3H2,1-2H3. The van der Waals surface area contributed by atoms with Crippen molar-refractivity contribution in [3.63, 3.8) is 0 Å². The lowest BCUT2D eigenvalue weighted by Crippen LogP contribution is -2.27. The second kappa shape index (κ2) is 5.38. The summed E-state index contributed by atoms with van der Waals surface area (Å²) in [4.78, 5) is 0. The van der Waals surface area contributed by atoms with Crippen LogP contribution in [0.15, 0.2) is 54.6 Å². The van der Waals surface area contributed by atoms with E-state index in [0.29, 0.717) is 0 Å². The van der Waals surface area contributed by atoms with Crippen LogP contribution in [0.4, 0.5) is 0 Å². The van der Waals surface area contributed by atoms with Crippen LogP contribution in [-0.4, -0.2) is 4.57 Å². The fourth-order valence-corrected chi connectivity index (χ4v) is 2.84. The van der Waals surface area contributed by atoms with Crippen LogP contribution in [-0.2, 0) is 0 Å². The van der Waals surface area contributed by atoms with E-state index in [-0.39, 0.29) is 0 Å². The molecule has 0 bridgehead atoms. The average Bonchev–Trinajstić information content (AvgIpc) is 2.82.